The second kappa shape index (κ2) is 5.82. The van der Waals surface area contributed by atoms with E-state index in [1.54, 1.807) is 11.3 Å². The number of nitrogens with one attached hydrogen (secondary N) is 1. The van der Waals surface area contributed by atoms with Crippen molar-refractivity contribution in [3.8, 4) is 0 Å². The molecule has 0 radical (unpaired) electrons. The highest BCUT2D eigenvalue weighted by atomic mass is 32.1. The van der Waals surface area contributed by atoms with Gasteiger partial charge >= 0.3 is 0 Å². The summed E-state index contributed by atoms with van der Waals surface area (Å²) >= 11 is 1.54. The van der Waals surface area contributed by atoms with Crippen molar-refractivity contribution in [1.82, 2.24) is 15.2 Å². The van der Waals surface area contributed by atoms with Crippen molar-refractivity contribution < 1.29 is 4.79 Å². The predicted molar refractivity (Wildman–Crippen MR) is 81.3 cm³/mol. The van der Waals surface area contributed by atoms with E-state index >= 15 is 0 Å². The molecule has 2 aliphatic rings. The number of hydrogen-bond donors (Lipinski definition) is 1. The number of nitrogens with zero attached hydrogens (tertiary/aromatic N) is 2. The number of hydrogen-bond acceptors (Lipinski definition) is 4. The van der Waals surface area contributed by atoms with Crippen molar-refractivity contribution in [2.45, 2.75) is 58.0 Å². The Morgan fingerprint density at radius 2 is 2.25 bits per heavy atom. The van der Waals surface area contributed by atoms with E-state index in [1.165, 1.54) is 25.8 Å². The van der Waals surface area contributed by atoms with E-state index in [4.69, 9.17) is 0 Å². The molecule has 0 bridgehead atoms. The highest BCUT2D eigenvalue weighted by Gasteiger charge is 2.36. The second-order valence-corrected chi connectivity index (χ2v) is 6.93. The fourth-order valence-electron chi connectivity index (χ4n) is 3.46. The second-order valence-electron chi connectivity index (χ2n) is 5.84. The van der Waals surface area contributed by atoms with Gasteiger partial charge in [0.15, 0.2) is 0 Å². The predicted octanol–water partition coefficient (Wildman–Crippen LogP) is 2.37. The van der Waals surface area contributed by atoms with E-state index in [1.807, 2.05) is 6.92 Å². The molecule has 1 aromatic rings. The van der Waals surface area contributed by atoms with Crippen LogP contribution in [0, 0.1) is 6.92 Å². The van der Waals surface area contributed by atoms with Gasteiger partial charge in [-0.2, -0.15) is 0 Å². The Bertz CT molecular complexity index is 499. The summed E-state index contributed by atoms with van der Waals surface area (Å²) in [6, 6.07) is 0.890. The molecule has 2 unspecified atom stereocenters. The summed E-state index contributed by atoms with van der Waals surface area (Å²) in [6.45, 7) is 6.36. The monoisotopic (exact) mass is 293 g/mol. The normalized spacial score (nSPS) is 26.5. The SMILES string of the molecule is CCc1nc(C)c(C(=O)NC2CCN3CCCCC23)s1. The van der Waals surface area contributed by atoms with Gasteiger partial charge in [0.2, 0.25) is 0 Å². The molecule has 1 aromatic heterocycles. The molecule has 2 fully saturated rings. The number of fused-ring (bicyclic) bond motifs is 1. The molecule has 3 heterocycles. The minimum absolute atomic E-state index is 0.0807. The van der Waals surface area contributed by atoms with Gasteiger partial charge in [-0.1, -0.05) is 13.3 Å². The molecule has 2 saturated heterocycles. The lowest BCUT2D eigenvalue weighted by atomic mass is 9.99. The molecule has 1 N–H and O–H groups in total. The van der Waals surface area contributed by atoms with Gasteiger partial charge in [-0.25, -0.2) is 4.98 Å². The summed E-state index contributed by atoms with van der Waals surface area (Å²) in [4.78, 5) is 20.3. The van der Waals surface area contributed by atoms with Gasteiger partial charge in [-0.3, -0.25) is 9.69 Å². The largest absolute Gasteiger partial charge is 0.347 e. The van der Waals surface area contributed by atoms with Gasteiger partial charge in [0.1, 0.15) is 4.88 Å². The lowest BCUT2D eigenvalue weighted by Crippen LogP contribution is -2.46. The van der Waals surface area contributed by atoms with E-state index in [0.29, 0.717) is 12.1 Å². The van der Waals surface area contributed by atoms with Crippen molar-refractivity contribution in [3.05, 3.63) is 15.6 Å². The first-order chi connectivity index (χ1) is 9.69. The van der Waals surface area contributed by atoms with Crippen LogP contribution in [-0.2, 0) is 6.42 Å². The minimum atomic E-state index is 0.0807. The smallest absolute Gasteiger partial charge is 0.263 e. The number of aromatic nitrogens is 1. The minimum Gasteiger partial charge on any atom is -0.347 e. The summed E-state index contributed by atoms with van der Waals surface area (Å²) < 4.78 is 0. The third-order valence-corrected chi connectivity index (χ3v) is 5.82. The molecular weight excluding hydrogens is 270 g/mol. The van der Waals surface area contributed by atoms with E-state index in [0.717, 1.165) is 35.0 Å². The fraction of sp³-hybridized carbons (Fsp3) is 0.733. The van der Waals surface area contributed by atoms with Crippen molar-refractivity contribution in [3.63, 3.8) is 0 Å². The molecule has 0 spiro atoms. The molecule has 5 heteroatoms. The summed E-state index contributed by atoms with van der Waals surface area (Å²) in [5.74, 6) is 0.0807. The Kier molecular flexibility index (Phi) is 4.08. The molecule has 0 aliphatic carbocycles. The van der Waals surface area contributed by atoms with Gasteiger partial charge in [0, 0.05) is 18.6 Å². The number of aryl methyl sites for hydroxylation is 2. The van der Waals surface area contributed by atoms with E-state index in [2.05, 4.69) is 22.1 Å². The van der Waals surface area contributed by atoms with E-state index in [-0.39, 0.29) is 5.91 Å². The summed E-state index contributed by atoms with van der Waals surface area (Å²) in [5.41, 5.74) is 0.878. The highest BCUT2D eigenvalue weighted by molar-refractivity contribution is 7.13. The summed E-state index contributed by atoms with van der Waals surface area (Å²) in [6.07, 6.45) is 5.83. The Morgan fingerprint density at radius 1 is 1.40 bits per heavy atom. The average molecular weight is 293 g/mol. The van der Waals surface area contributed by atoms with Gasteiger partial charge in [-0.15, -0.1) is 11.3 Å². The average Bonchev–Trinajstić information content (AvgIpc) is 3.03. The molecule has 110 valence electrons. The Morgan fingerprint density at radius 3 is 3.00 bits per heavy atom. The van der Waals surface area contributed by atoms with Crippen LogP contribution < -0.4 is 5.32 Å². The number of carbonyl (C=O) groups excluding carboxylic acids is 1. The standard InChI is InChI=1S/C15H23N3OS/c1-3-13-16-10(2)14(20-13)15(19)17-11-7-9-18-8-5-4-6-12(11)18/h11-12H,3-9H2,1-2H3,(H,17,19). The van der Waals surface area contributed by atoms with Crippen molar-refractivity contribution in [2.75, 3.05) is 13.1 Å². The molecule has 4 nitrogen and oxygen atoms in total. The van der Waals surface area contributed by atoms with Crippen molar-refractivity contribution in [1.29, 1.82) is 0 Å². The number of thiazole rings is 1. The molecule has 3 rings (SSSR count). The van der Waals surface area contributed by atoms with Crippen LogP contribution in [0.15, 0.2) is 0 Å². The molecule has 20 heavy (non-hydrogen) atoms. The first-order valence-electron chi connectivity index (χ1n) is 7.70. The number of carbonyl (C=O) groups is 1. The van der Waals surface area contributed by atoms with Crippen LogP contribution in [0.25, 0.3) is 0 Å². The van der Waals surface area contributed by atoms with Crippen LogP contribution in [-0.4, -0.2) is 41.0 Å². The molecule has 0 aromatic carbocycles. The van der Waals surface area contributed by atoms with Crippen molar-refractivity contribution in [2.24, 2.45) is 0 Å². The zero-order valence-corrected chi connectivity index (χ0v) is 13.1. The van der Waals surface area contributed by atoms with Crippen molar-refractivity contribution >= 4 is 17.2 Å². The Balaban J connectivity index is 1.68. The zero-order valence-electron chi connectivity index (χ0n) is 12.3. The molecule has 1 amide bonds. The molecular formula is C15H23N3OS. The number of rotatable bonds is 3. The highest BCUT2D eigenvalue weighted by Crippen LogP contribution is 2.28. The Hall–Kier alpha value is -0.940. The third kappa shape index (κ3) is 2.61. The Labute approximate surface area is 124 Å². The fourth-order valence-corrected chi connectivity index (χ4v) is 4.37. The molecule has 0 saturated carbocycles. The van der Waals surface area contributed by atoms with Crippen LogP contribution in [0.3, 0.4) is 0 Å². The zero-order chi connectivity index (χ0) is 14.1. The van der Waals surface area contributed by atoms with Crippen LogP contribution in [0.4, 0.5) is 0 Å². The molecule has 2 aliphatic heterocycles. The lowest BCUT2D eigenvalue weighted by molar-refractivity contribution is 0.0918. The molecule has 2 atom stereocenters. The summed E-state index contributed by atoms with van der Waals surface area (Å²) in [5, 5.41) is 4.32. The number of amides is 1. The maximum atomic E-state index is 12.5. The summed E-state index contributed by atoms with van der Waals surface area (Å²) in [7, 11) is 0. The van der Waals surface area contributed by atoms with Gasteiger partial charge < -0.3 is 5.32 Å². The first kappa shape index (κ1) is 14.0. The van der Waals surface area contributed by atoms with Crippen LogP contribution >= 0.6 is 11.3 Å². The van der Waals surface area contributed by atoms with Crippen LogP contribution in [0.2, 0.25) is 0 Å². The maximum Gasteiger partial charge on any atom is 0.263 e. The quantitative estimate of drug-likeness (QED) is 0.930. The van der Waals surface area contributed by atoms with E-state index < -0.39 is 0 Å². The lowest BCUT2D eigenvalue weighted by Gasteiger charge is -2.32. The van der Waals surface area contributed by atoms with Crippen LogP contribution in [0.5, 0.6) is 0 Å². The van der Waals surface area contributed by atoms with Gasteiger partial charge in [0.05, 0.1) is 10.7 Å². The van der Waals surface area contributed by atoms with Gasteiger partial charge in [-0.05, 0) is 39.2 Å². The first-order valence-corrected chi connectivity index (χ1v) is 8.52. The third-order valence-electron chi connectivity index (χ3n) is 4.52. The number of piperidine rings is 1. The maximum absolute atomic E-state index is 12.5. The van der Waals surface area contributed by atoms with Gasteiger partial charge in [0.25, 0.3) is 5.91 Å². The van der Waals surface area contributed by atoms with Crippen LogP contribution in [0.1, 0.15) is 53.0 Å². The van der Waals surface area contributed by atoms with E-state index in [9.17, 15) is 4.79 Å². The topological polar surface area (TPSA) is 45.2 Å².